The number of benzene rings is 3. The van der Waals surface area contributed by atoms with Crippen molar-refractivity contribution in [1.82, 2.24) is 4.98 Å². The number of ether oxygens (including phenoxy) is 3. The zero-order valence-corrected chi connectivity index (χ0v) is 18.7. The van der Waals surface area contributed by atoms with Gasteiger partial charge in [-0.15, -0.1) is 0 Å². The highest BCUT2D eigenvalue weighted by Gasteiger charge is 2.39. The molecule has 1 aromatic heterocycles. The van der Waals surface area contributed by atoms with Gasteiger partial charge < -0.3 is 19.2 Å². The summed E-state index contributed by atoms with van der Waals surface area (Å²) < 4.78 is 17.0. The van der Waals surface area contributed by atoms with Gasteiger partial charge in [0.05, 0.1) is 19.1 Å². The van der Waals surface area contributed by atoms with E-state index in [-0.39, 0.29) is 29.3 Å². The van der Waals surface area contributed by atoms with Crippen LogP contribution >= 0.6 is 0 Å². The van der Waals surface area contributed by atoms with Crippen LogP contribution in [0, 0.1) is 0 Å². The molecule has 0 aliphatic carbocycles. The molecule has 0 amide bonds. The molecule has 0 spiro atoms. The first-order valence-electron chi connectivity index (χ1n) is 11.1. The number of carbonyl (C=O) groups excluding carboxylic acids is 2. The van der Waals surface area contributed by atoms with E-state index in [1.807, 2.05) is 42.5 Å². The maximum atomic E-state index is 13.2. The van der Waals surface area contributed by atoms with Gasteiger partial charge in [0.25, 0.3) is 5.56 Å². The Kier molecular flexibility index (Phi) is 4.77. The maximum Gasteiger partial charge on any atom is 0.312 e. The number of hydrogen-bond acceptors (Lipinski definition) is 6. The van der Waals surface area contributed by atoms with Crippen molar-refractivity contribution < 1.29 is 23.8 Å². The number of aromatic amines is 1. The van der Waals surface area contributed by atoms with Gasteiger partial charge in [-0.1, -0.05) is 36.4 Å². The van der Waals surface area contributed by atoms with E-state index in [0.717, 1.165) is 5.39 Å². The molecule has 6 rings (SSSR count). The van der Waals surface area contributed by atoms with Crippen LogP contribution in [-0.4, -0.2) is 23.8 Å². The molecule has 2 aliphatic rings. The summed E-state index contributed by atoms with van der Waals surface area (Å²) in [5.41, 5.74) is 2.36. The summed E-state index contributed by atoms with van der Waals surface area (Å²) in [5, 5.41) is 0.837. The zero-order valence-electron chi connectivity index (χ0n) is 18.7. The second-order valence-corrected chi connectivity index (χ2v) is 8.41. The molecular formula is C28H19NO6. The third kappa shape index (κ3) is 3.40. The Balaban J connectivity index is 1.50. The first-order valence-corrected chi connectivity index (χ1v) is 11.1. The van der Waals surface area contributed by atoms with Gasteiger partial charge in [0.2, 0.25) is 5.78 Å². The number of nitrogens with one attached hydrogen (secondary N) is 1. The van der Waals surface area contributed by atoms with Gasteiger partial charge in [-0.3, -0.25) is 14.4 Å². The molecular weight excluding hydrogens is 446 g/mol. The number of rotatable bonds is 3. The van der Waals surface area contributed by atoms with Crippen molar-refractivity contribution in [1.29, 1.82) is 0 Å². The minimum Gasteiger partial charge on any atom is -0.496 e. The Morgan fingerprint density at radius 1 is 0.971 bits per heavy atom. The van der Waals surface area contributed by atoms with Crippen LogP contribution in [-0.2, 0) is 4.79 Å². The van der Waals surface area contributed by atoms with Crippen molar-refractivity contribution in [3.8, 4) is 17.2 Å². The molecule has 7 nitrogen and oxygen atoms in total. The molecule has 1 atom stereocenters. The van der Waals surface area contributed by atoms with Crippen LogP contribution in [0.2, 0.25) is 0 Å². The summed E-state index contributed by atoms with van der Waals surface area (Å²) in [5.74, 6) is -0.0682. The van der Waals surface area contributed by atoms with Crippen molar-refractivity contribution in [2.75, 3.05) is 7.11 Å². The van der Waals surface area contributed by atoms with E-state index >= 15 is 0 Å². The van der Waals surface area contributed by atoms with E-state index in [9.17, 15) is 14.4 Å². The van der Waals surface area contributed by atoms with E-state index in [1.54, 1.807) is 37.5 Å². The second-order valence-electron chi connectivity index (χ2n) is 8.41. The van der Waals surface area contributed by atoms with E-state index in [0.29, 0.717) is 39.3 Å². The number of H-pyrrole nitrogens is 1. The number of aromatic nitrogens is 1. The quantitative estimate of drug-likeness (QED) is 0.270. The lowest BCUT2D eigenvalue weighted by Gasteiger charge is -2.26. The van der Waals surface area contributed by atoms with Crippen LogP contribution < -0.4 is 19.8 Å². The molecule has 1 unspecified atom stereocenters. The largest absolute Gasteiger partial charge is 0.496 e. The summed E-state index contributed by atoms with van der Waals surface area (Å²) >= 11 is 0. The fourth-order valence-corrected chi connectivity index (χ4v) is 4.72. The van der Waals surface area contributed by atoms with Crippen LogP contribution in [0.5, 0.6) is 17.2 Å². The van der Waals surface area contributed by atoms with Gasteiger partial charge >= 0.3 is 5.97 Å². The molecule has 4 aromatic rings. The van der Waals surface area contributed by atoms with Gasteiger partial charge in [0.1, 0.15) is 17.2 Å². The predicted octanol–water partition coefficient (Wildman–Crippen LogP) is 4.59. The van der Waals surface area contributed by atoms with E-state index in [4.69, 9.17) is 14.2 Å². The summed E-state index contributed by atoms with van der Waals surface area (Å²) in [6, 6.07) is 19.7. The number of methoxy groups -OCH3 is 1. The fraction of sp³-hybridized carbons (Fsp3) is 0.107. The number of pyridine rings is 1. The first-order chi connectivity index (χ1) is 17.0. The minimum absolute atomic E-state index is 0.0476. The predicted molar refractivity (Wildman–Crippen MR) is 129 cm³/mol. The van der Waals surface area contributed by atoms with Crippen LogP contribution in [0.25, 0.3) is 17.0 Å². The Bertz CT molecular complexity index is 1630. The van der Waals surface area contributed by atoms with Crippen LogP contribution in [0.15, 0.2) is 77.3 Å². The highest BCUT2D eigenvalue weighted by atomic mass is 16.5. The molecule has 0 fully saturated rings. The van der Waals surface area contributed by atoms with Crippen LogP contribution in [0.1, 0.15) is 39.4 Å². The third-order valence-corrected chi connectivity index (χ3v) is 6.36. The second kappa shape index (κ2) is 7.99. The summed E-state index contributed by atoms with van der Waals surface area (Å²) in [6.07, 6.45) is 1.58. The smallest absolute Gasteiger partial charge is 0.312 e. The monoisotopic (exact) mass is 465 g/mol. The SMILES string of the molecule is COc1ccccc1C=C1Oc2c(ccc3c2C(c2cc4ccccc4[nH]c2=O)CC(=O)O3)C1=O. The molecule has 0 saturated heterocycles. The molecule has 0 bridgehead atoms. The lowest BCUT2D eigenvalue weighted by Crippen LogP contribution is -2.26. The first kappa shape index (κ1) is 20.9. The topological polar surface area (TPSA) is 94.7 Å². The van der Waals surface area contributed by atoms with E-state index in [2.05, 4.69) is 4.98 Å². The van der Waals surface area contributed by atoms with Crippen molar-refractivity contribution in [3.05, 3.63) is 105 Å². The Hall–Kier alpha value is -4.65. The molecule has 0 radical (unpaired) electrons. The molecule has 2 aliphatic heterocycles. The van der Waals surface area contributed by atoms with Crippen molar-refractivity contribution in [2.45, 2.75) is 12.3 Å². The Morgan fingerprint density at radius 2 is 1.77 bits per heavy atom. The molecule has 35 heavy (non-hydrogen) atoms. The number of carbonyl (C=O) groups is 2. The number of esters is 1. The number of Topliss-reactive ketones (excluding diaryl/α,β-unsaturated/α-hetero) is 1. The number of para-hydroxylation sites is 2. The van der Waals surface area contributed by atoms with Crippen molar-refractivity contribution in [2.24, 2.45) is 0 Å². The van der Waals surface area contributed by atoms with Crippen molar-refractivity contribution >= 4 is 28.7 Å². The molecule has 3 heterocycles. The van der Waals surface area contributed by atoms with Crippen molar-refractivity contribution in [3.63, 3.8) is 0 Å². The fourth-order valence-electron chi connectivity index (χ4n) is 4.72. The summed E-state index contributed by atoms with van der Waals surface area (Å²) in [6.45, 7) is 0. The summed E-state index contributed by atoms with van der Waals surface area (Å²) in [7, 11) is 1.56. The normalized spacial score (nSPS) is 17.6. The maximum absolute atomic E-state index is 13.2. The third-order valence-electron chi connectivity index (χ3n) is 6.36. The van der Waals surface area contributed by atoms with Crippen LogP contribution in [0.3, 0.4) is 0 Å². The summed E-state index contributed by atoms with van der Waals surface area (Å²) in [4.78, 5) is 41.6. The van der Waals surface area contributed by atoms with Gasteiger partial charge in [-0.2, -0.15) is 0 Å². The Morgan fingerprint density at radius 3 is 2.63 bits per heavy atom. The van der Waals surface area contributed by atoms with E-state index in [1.165, 1.54) is 0 Å². The molecule has 0 saturated carbocycles. The van der Waals surface area contributed by atoms with Gasteiger partial charge in [-0.05, 0) is 41.8 Å². The standard InChI is InChI=1S/C28H19NO6/c1-33-21-9-5-3-7-16(21)13-23-26(31)17-10-11-22-25(27(17)35-23)18(14-24(30)34-22)19-12-15-6-2-4-8-20(15)29-28(19)32/h2-13,18H,14H2,1H3,(H,29,32). The Labute approximate surface area is 199 Å². The van der Waals surface area contributed by atoms with Gasteiger partial charge in [0.15, 0.2) is 5.76 Å². The average Bonchev–Trinajstić information content (AvgIpc) is 3.18. The number of allylic oxidation sites excluding steroid dienone is 1. The minimum atomic E-state index is -0.632. The molecule has 172 valence electrons. The number of ketones is 1. The molecule has 3 aromatic carbocycles. The highest BCUT2D eigenvalue weighted by Crippen LogP contribution is 2.48. The molecule has 1 N–H and O–H groups in total. The highest BCUT2D eigenvalue weighted by molar-refractivity contribution is 6.15. The van der Waals surface area contributed by atoms with Crippen LogP contribution in [0.4, 0.5) is 0 Å². The van der Waals surface area contributed by atoms with E-state index < -0.39 is 11.9 Å². The average molecular weight is 465 g/mol. The number of fused-ring (bicyclic) bond motifs is 4. The zero-order chi connectivity index (χ0) is 24.1. The molecule has 7 heteroatoms. The van der Waals surface area contributed by atoms with Gasteiger partial charge in [-0.25, -0.2) is 0 Å². The lowest BCUT2D eigenvalue weighted by atomic mass is 9.85. The lowest BCUT2D eigenvalue weighted by molar-refractivity contribution is -0.135. The van der Waals surface area contributed by atoms with Gasteiger partial charge in [0, 0.05) is 28.1 Å². The number of hydrogen-bond donors (Lipinski definition) is 1.